The van der Waals surface area contributed by atoms with Crippen LogP contribution in [0, 0.1) is 11.3 Å². The first-order valence-electron chi connectivity index (χ1n) is 6.42. The summed E-state index contributed by atoms with van der Waals surface area (Å²) < 4.78 is 1.63. The van der Waals surface area contributed by atoms with Crippen molar-refractivity contribution in [3.63, 3.8) is 0 Å². The molecule has 0 bridgehead atoms. The van der Waals surface area contributed by atoms with Crippen LogP contribution in [0.2, 0.25) is 0 Å². The van der Waals surface area contributed by atoms with Crippen molar-refractivity contribution in [1.82, 2.24) is 9.55 Å². The lowest BCUT2D eigenvalue weighted by Gasteiger charge is -2.08. The highest BCUT2D eigenvalue weighted by Gasteiger charge is 2.22. The number of hydrogen-bond donors (Lipinski definition) is 0. The van der Waals surface area contributed by atoms with E-state index in [0.29, 0.717) is 17.5 Å². The summed E-state index contributed by atoms with van der Waals surface area (Å²) in [6, 6.07) is 2.08. The van der Waals surface area contributed by atoms with E-state index in [-0.39, 0.29) is 5.56 Å². The SMILES string of the molecule is C=CCn1c(SCC#N)nc2sc3c(c2c1=O)CCC3. The Labute approximate surface area is 124 Å². The third-order valence-corrected chi connectivity index (χ3v) is 5.40. The van der Waals surface area contributed by atoms with Gasteiger partial charge in [-0.25, -0.2) is 4.98 Å². The molecular weight excluding hydrogens is 290 g/mol. The lowest BCUT2D eigenvalue weighted by Crippen LogP contribution is -2.22. The molecular formula is C14H13N3OS2. The maximum absolute atomic E-state index is 12.7. The number of fused-ring (bicyclic) bond motifs is 3. The quantitative estimate of drug-likeness (QED) is 0.495. The molecule has 0 saturated heterocycles. The number of thioether (sulfide) groups is 1. The molecule has 20 heavy (non-hydrogen) atoms. The molecule has 6 heteroatoms. The maximum Gasteiger partial charge on any atom is 0.263 e. The molecule has 0 aromatic carbocycles. The Morgan fingerprint density at radius 1 is 1.55 bits per heavy atom. The molecule has 0 unspecified atom stereocenters. The molecule has 2 aromatic rings. The van der Waals surface area contributed by atoms with E-state index in [0.717, 1.165) is 29.5 Å². The maximum atomic E-state index is 12.7. The molecule has 0 N–H and O–H groups in total. The summed E-state index contributed by atoms with van der Waals surface area (Å²) in [5.41, 5.74) is 1.20. The van der Waals surface area contributed by atoms with Crippen LogP contribution in [-0.4, -0.2) is 15.3 Å². The molecule has 0 fully saturated rings. The molecule has 0 aliphatic heterocycles. The van der Waals surface area contributed by atoms with Crippen LogP contribution in [0.15, 0.2) is 22.6 Å². The van der Waals surface area contributed by atoms with Crippen LogP contribution in [0.4, 0.5) is 0 Å². The fourth-order valence-corrected chi connectivity index (χ4v) is 4.53. The zero-order valence-electron chi connectivity index (χ0n) is 10.9. The minimum atomic E-state index is 0.00902. The molecule has 0 saturated carbocycles. The first kappa shape index (κ1) is 13.4. The van der Waals surface area contributed by atoms with Crippen LogP contribution in [0.5, 0.6) is 0 Å². The average molecular weight is 303 g/mol. The third-order valence-electron chi connectivity index (χ3n) is 3.37. The molecule has 0 atom stereocenters. The van der Waals surface area contributed by atoms with Crippen molar-refractivity contribution < 1.29 is 0 Å². The van der Waals surface area contributed by atoms with Gasteiger partial charge in [0.15, 0.2) is 5.16 Å². The largest absolute Gasteiger partial charge is 0.283 e. The van der Waals surface area contributed by atoms with Gasteiger partial charge in [-0.2, -0.15) is 5.26 Å². The van der Waals surface area contributed by atoms with Gasteiger partial charge in [0.1, 0.15) is 4.83 Å². The summed E-state index contributed by atoms with van der Waals surface area (Å²) in [6.45, 7) is 4.13. The number of nitrogens with zero attached hydrogens (tertiary/aromatic N) is 3. The average Bonchev–Trinajstić information content (AvgIpc) is 3.00. The number of allylic oxidation sites excluding steroid dienone is 1. The van der Waals surface area contributed by atoms with Crippen molar-refractivity contribution in [3.05, 3.63) is 33.4 Å². The summed E-state index contributed by atoms with van der Waals surface area (Å²) in [4.78, 5) is 19.4. The highest BCUT2D eigenvalue weighted by Crippen LogP contribution is 2.35. The summed E-state index contributed by atoms with van der Waals surface area (Å²) in [5, 5.41) is 10.1. The Bertz CT molecular complexity index is 782. The second-order valence-electron chi connectivity index (χ2n) is 4.58. The fourth-order valence-electron chi connectivity index (χ4n) is 2.56. The van der Waals surface area contributed by atoms with Crippen LogP contribution in [0.3, 0.4) is 0 Å². The van der Waals surface area contributed by atoms with Gasteiger partial charge in [-0.05, 0) is 24.8 Å². The number of hydrogen-bond acceptors (Lipinski definition) is 5. The van der Waals surface area contributed by atoms with Crippen LogP contribution in [-0.2, 0) is 19.4 Å². The van der Waals surface area contributed by atoms with Gasteiger partial charge in [0.05, 0.1) is 17.2 Å². The highest BCUT2D eigenvalue weighted by molar-refractivity contribution is 7.99. The Morgan fingerprint density at radius 3 is 3.15 bits per heavy atom. The van der Waals surface area contributed by atoms with Gasteiger partial charge >= 0.3 is 0 Å². The van der Waals surface area contributed by atoms with E-state index < -0.39 is 0 Å². The summed E-state index contributed by atoms with van der Waals surface area (Å²) >= 11 is 2.93. The van der Waals surface area contributed by atoms with Crippen molar-refractivity contribution >= 4 is 33.3 Å². The van der Waals surface area contributed by atoms with Crippen molar-refractivity contribution in [3.8, 4) is 6.07 Å². The Hall–Kier alpha value is -1.58. The van der Waals surface area contributed by atoms with Crippen molar-refractivity contribution in [2.75, 3.05) is 5.75 Å². The van der Waals surface area contributed by atoms with E-state index in [1.165, 1.54) is 22.2 Å². The van der Waals surface area contributed by atoms with Crippen molar-refractivity contribution in [2.45, 2.75) is 31.0 Å². The predicted octanol–water partition coefficient (Wildman–Crippen LogP) is 2.75. The van der Waals surface area contributed by atoms with E-state index in [1.807, 2.05) is 0 Å². The van der Waals surface area contributed by atoms with Crippen molar-refractivity contribution in [2.24, 2.45) is 0 Å². The molecule has 102 valence electrons. The van der Waals surface area contributed by atoms with Gasteiger partial charge in [0.2, 0.25) is 0 Å². The fraction of sp³-hybridized carbons (Fsp3) is 0.357. The molecule has 1 aliphatic rings. The van der Waals surface area contributed by atoms with Gasteiger partial charge in [-0.15, -0.1) is 17.9 Å². The van der Waals surface area contributed by atoms with Crippen LogP contribution >= 0.6 is 23.1 Å². The zero-order valence-corrected chi connectivity index (χ0v) is 12.5. The topological polar surface area (TPSA) is 58.7 Å². The molecule has 0 amide bonds. The highest BCUT2D eigenvalue weighted by atomic mass is 32.2. The number of thiophene rings is 1. The minimum Gasteiger partial charge on any atom is -0.283 e. The van der Waals surface area contributed by atoms with Gasteiger partial charge in [-0.3, -0.25) is 9.36 Å². The molecule has 0 radical (unpaired) electrons. The lowest BCUT2D eigenvalue weighted by atomic mass is 10.2. The molecule has 4 nitrogen and oxygen atoms in total. The molecule has 1 aliphatic carbocycles. The summed E-state index contributed by atoms with van der Waals surface area (Å²) in [5.74, 6) is 0.292. The standard InChI is InChI=1S/C14H13N3OS2/c1-2-7-17-13(18)11-9-4-3-5-10(9)20-12(11)16-14(17)19-8-6-15/h2H,1,3-5,7-8H2. The molecule has 2 heterocycles. The van der Waals surface area contributed by atoms with Crippen LogP contribution in [0.1, 0.15) is 16.9 Å². The monoisotopic (exact) mass is 303 g/mol. The molecule has 0 spiro atoms. The Kier molecular flexibility index (Phi) is 3.64. The second-order valence-corrected chi connectivity index (χ2v) is 6.61. The van der Waals surface area contributed by atoms with E-state index in [1.54, 1.807) is 22.0 Å². The zero-order chi connectivity index (χ0) is 14.1. The Balaban J connectivity index is 2.24. The van der Waals surface area contributed by atoms with E-state index >= 15 is 0 Å². The summed E-state index contributed by atoms with van der Waals surface area (Å²) in [7, 11) is 0. The van der Waals surface area contributed by atoms with E-state index in [9.17, 15) is 4.79 Å². The number of aromatic nitrogens is 2. The predicted molar refractivity (Wildman–Crippen MR) is 82.4 cm³/mol. The number of nitriles is 1. The number of rotatable bonds is 4. The van der Waals surface area contributed by atoms with Crippen LogP contribution in [0.25, 0.3) is 10.2 Å². The van der Waals surface area contributed by atoms with E-state index in [2.05, 4.69) is 17.6 Å². The van der Waals surface area contributed by atoms with Gasteiger partial charge < -0.3 is 0 Å². The van der Waals surface area contributed by atoms with Crippen LogP contribution < -0.4 is 5.56 Å². The van der Waals surface area contributed by atoms with Gasteiger partial charge in [0.25, 0.3) is 5.56 Å². The molecule has 2 aromatic heterocycles. The first-order chi connectivity index (χ1) is 9.76. The van der Waals surface area contributed by atoms with Gasteiger partial charge in [0, 0.05) is 11.4 Å². The molecule has 3 rings (SSSR count). The smallest absolute Gasteiger partial charge is 0.263 e. The minimum absolute atomic E-state index is 0.00902. The third kappa shape index (κ3) is 2.07. The lowest BCUT2D eigenvalue weighted by molar-refractivity contribution is 0.672. The number of aryl methyl sites for hydroxylation is 2. The van der Waals surface area contributed by atoms with E-state index in [4.69, 9.17) is 5.26 Å². The van der Waals surface area contributed by atoms with Crippen molar-refractivity contribution in [1.29, 1.82) is 5.26 Å². The summed E-state index contributed by atoms with van der Waals surface area (Å²) in [6.07, 6.45) is 4.85. The van der Waals surface area contributed by atoms with Gasteiger partial charge in [-0.1, -0.05) is 17.8 Å². The Morgan fingerprint density at radius 2 is 2.40 bits per heavy atom. The second kappa shape index (κ2) is 5.43. The normalized spacial score (nSPS) is 13.3. The first-order valence-corrected chi connectivity index (χ1v) is 8.22.